The Morgan fingerprint density at radius 3 is 2.59 bits per heavy atom. The second-order valence-corrected chi connectivity index (χ2v) is 5.06. The lowest BCUT2D eigenvalue weighted by atomic mass is 9.63. The third-order valence-electron chi connectivity index (χ3n) is 3.27. The maximum absolute atomic E-state index is 12.1. The topological polar surface area (TPSA) is 63.3 Å². The Bertz CT molecular complexity index is 464. The van der Waals surface area contributed by atoms with Crippen molar-refractivity contribution in [1.82, 2.24) is 0 Å². The number of carbonyl (C=O) groups excluding carboxylic acids is 1. The second-order valence-electron chi connectivity index (χ2n) is 4.65. The number of hydrogen-bond acceptors (Lipinski definition) is 3. The molecule has 0 saturated heterocycles. The Kier molecular flexibility index (Phi) is 3.06. The van der Waals surface area contributed by atoms with Gasteiger partial charge in [-0.3, -0.25) is 4.79 Å². The highest BCUT2D eigenvalue weighted by Gasteiger charge is 2.45. The van der Waals surface area contributed by atoms with Gasteiger partial charge < -0.3 is 10.8 Å². The molecule has 0 heterocycles. The summed E-state index contributed by atoms with van der Waals surface area (Å²) in [5, 5.41) is 10.1. The Morgan fingerprint density at radius 2 is 2.00 bits per heavy atom. The first-order valence-corrected chi connectivity index (χ1v) is 5.81. The summed E-state index contributed by atoms with van der Waals surface area (Å²) in [7, 11) is 5.55. The molecule has 0 aliphatic heterocycles. The standard InChI is InChI=1S/C12H13BClNO2/c13-11(17)5-6-12(15,10(16)7-11)8-3-1-2-4-9(8)14/h1-4,17H,5-7,15H2. The van der Waals surface area contributed by atoms with E-state index in [0.717, 1.165) is 0 Å². The molecule has 2 unspecified atom stereocenters. The molecule has 1 fully saturated rings. The van der Waals surface area contributed by atoms with E-state index < -0.39 is 11.0 Å². The number of aliphatic hydroxyl groups is 1. The van der Waals surface area contributed by atoms with Crippen LogP contribution >= 0.6 is 11.6 Å². The Labute approximate surface area is 106 Å². The van der Waals surface area contributed by atoms with Crippen LogP contribution in [0.5, 0.6) is 0 Å². The molecule has 88 valence electrons. The van der Waals surface area contributed by atoms with Crippen molar-refractivity contribution in [3.8, 4) is 0 Å². The first-order valence-electron chi connectivity index (χ1n) is 5.44. The molecule has 0 bridgehead atoms. The molecular weight excluding hydrogens is 236 g/mol. The van der Waals surface area contributed by atoms with Gasteiger partial charge in [-0.15, -0.1) is 0 Å². The van der Waals surface area contributed by atoms with Crippen molar-refractivity contribution in [2.75, 3.05) is 0 Å². The summed E-state index contributed by atoms with van der Waals surface area (Å²) >= 11 is 6.06. The van der Waals surface area contributed by atoms with Crippen molar-refractivity contribution in [3.63, 3.8) is 0 Å². The summed E-state index contributed by atoms with van der Waals surface area (Å²) in [5.74, 6) is -0.276. The summed E-state index contributed by atoms with van der Waals surface area (Å²) in [6, 6.07) is 7.00. The van der Waals surface area contributed by atoms with Crippen molar-refractivity contribution in [2.24, 2.45) is 5.73 Å². The van der Waals surface area contributed by atoms with Crippen LogP contribution in [-0.4, -0.2) is 24.2 Å². The third-order valence-corrected chi connectivity index (χ3v) is 3.60. The van der Waals surface area contributed by atoms with Crippen LogP contribution < -0.4 is 5.73 Å². The summed E-state index contributed by atoms with van der Waals surface area (Å²) in [5.41, 5.74) is 4.17. The zero-order valence-electron chi connectivity index (χ0n) is 9.32. The lowest BCUT2D eigenvalue weighted by Gasteiger charge is -2.39. The molecule has 2 rings (SSSR count). The van der Waals surface area contributed by atoms with Crippen LogP contribution in [0.25, 0.3) is 0 Å². The maximum Gasteiger partial charge on any atom is 0.159 e. The van der Waals surface area contributed by atoms with Crippen LogP contribution in [-0.2, 0) is 10.3 Å². The predicted octanol–water partition coefficient (Wildman–Crippen LogP) is 1.10. The van der Waals surface area contributed by atoms with Gasteiger partial charge in [0, 0.05) is 16.9 Å². The molecule has 5 heteroatoms. The predicted molar refractivity (Wildman–Crippen MR) is 66.9 cm³/mol. The number of hydrogen-bond donors (Lipinski definition) is 2. The lowest BCUT2D eigenvalue weighted by Crippen LogP contribution is -2.54. The van der Waals surface area contributed by atoms with Crippen LogP contribution in [0.15, 0.2) is 24.3 Å². The zero-order valence-corrected chi connectivity index (χ0v) is 10.1. The number of benzene rings is 1. The van der Waals surface area contributed by atoms with Crippen molar-refractivity contribution in [1.29, 1.82) is 0 Å². The minimum absolute atomic E-state index is 0.144. The first kappa shape index (κ1) is 12.6. The van der Waals surface area contributed by atoms with Gasteiger partial charge in [-0.2, -0.15) is 0 Å². The van der Waals surface area contributed by atoms with Gasteiger partial charge in [0.15, 0.2) is 5.78 Å². The van der Waals surface area contributed by atoms with Gasteiger partial charge in [0.25, 0.3) is 0 Å². The normalized spacial score (nSPS) is 33.7. The minimum atomic E-state index is -1.44. The van der Waals surface area contributed by atoms with Gasteiger partial charge >= 0.3 is 0 Å². The first-order chi connectivity index (χ1) is 7.85. The van der Waals surface area contributed by atoms with Gasteiger partial charge in [0.2, 0.25) is 0 Å². The number of halogens is 1. The molecule has 2 atom stereocenters. The Morgan fingerprint density at radius 1 is 1.35 bits per heavy atom. The van der Waals surface area contributed by atoms with Gasteiger partial charge in [-0.05, 0) is 24.5 Å². The molecule has 1 aromatic rings. The average molecular weight is 250 g/mol. The zero-order chi connectivity index (χ0) is 12.7. The molecule has 2 radical (unpaired) electrons. The number of rotatable bonds is 1. The van der Waals surface area contributed by atoms with Gasteiger partial charge in [-0.25, -0.2) is 0 Å². The van der Waals surface area contributed by atoms with Crippen molar-refractivity contribution in [3.05, 3.63) is 34.9 Å². The van der Waals surface area contributed by atoms with Crippen LogP contribution in [0.3, 0.4) is 0 Å². The van der Waals surface area contributed by atoms with Crippen molar-refractivity contribution >= 4 is 25.2 Å². The van der Waals surface area contributed by atoms with Crippen LogP contribution in [0.4, 0.5) is 0 Å². The summed E-state index contributed by atoms with van der Waals surface area (Å²) in [6.45, 7) is 0. The van der Waals surface area contributed by atoms with Crippen molar-refractivity contribution in [2.45, 2.75) is 30.3 Å². The molecule has 0 amide bonds. The van der Waals surface area contributed by atoms with E-state index in [2.05, 4.69) is 0 Å². The van der Waals surface area contributed by atoms with Crippen LogP contribution in [0, 0.1) is 0 Å². The van der Waals surface area contributed by atoms with E-state index in [0.29, 0.717) is 17.0 Å². The number of nitrogens with two attached hydrogens (primary N) is 1. The van der Waals surface area contributed by atoms with Crippen LogP contribution in [0.1, 0.15) is 24.8 Å². The number of ketones is 1. The van der Waals surface area contributed by atoms with E-state index in [1.165, 1.54) is 0 Å². The molecule has 1 saturated carbocycles. The summed E-state index contributed by atoms with van der Waals surface area (Å²) in [4.78, 5) is 12.1. The molecule has 17 heavy (non-hydrogen) atoms. The third kappa shape index (κ3) is 2.25. The molecular formula is C12H13BClNO2. The summed E-state index contributed by atoms with van der Waals surface area (Å²) in [6.07, 6.45) is 0.428. The van der Waals surface area contributed by atoms with E-state index in [9.17, 15) is 9.90 Å². The fraction of sp³-hybridized carbons (Fsp3) is 0.417. The molecule has 0 spiro atoms. The smallest absolute Gasteiger partial charge is 0.159 e. The fourth-order valence-electron chi connectivity index (χ4n) is 2.19. The number of carbonyl (C=O) groups is 1. The SMILES string of the molecule is [B]C1(O)CCC(N)(c2ccccc2Cl)C(=O)C1. The van der Waals surface area contributed by atoms with E-state index in [-0.39, 0.29) is 18.6 Å². The highest BCUT2D eigenvalue weighted by Crippen LogP contribution is 2.38. The monoisotopic (exact) mass is 249 g/mol. The van der Waals surface area contributed by atoms with Crippen LogP contribution in [0.2, 0.25) is 5.02 Å². The highest BCUT2D eigenvalue weighted by atomic mass is 35.5. The quantitative estimate of drug-likeness (QED) is 0.733. The lowest BCUT2D eigenvalue weighted by molar-refractivity contribution is -0.131. The second kappa shape index (κ2) is 4.12. The van der Waals surface area contributed by atoms with Gasteiger partial charge in [0.1, 0.15) is 13.4 Å². The number of Topliss-reactive ketones (excluding diaryl/α,β-unsaturated/α-hetero) is 1. The molecule has 3 nitrogen and oxygen atoms in total. The van der Waals surface area contributed by atoms with E-state index in [1.807, 2.05) is 0 Å². The molecule has 1 aliphatic carbocycles. The molecule has 3 N–H and O–H groups in total. The average Bonchev–Trinajstić information content (AvgIpc) is 2.24. The van der Waals surface area contributed by atoms with Gasteiger partial charge in [0.05, 0.1) is 0 Å². The molecule has 1 aromatic carbocycles. The highest BCUT2D eigenvalue weighted by molar-refractivity contribution is 6.31. The van der Waals surface area contributed by atoms with Gasteiger partial charge in [-0.1, -0.05) is 29.8 Å². The minimum Gasteiger partial charge on any atom is -0.399 e. The molecule has 0 aromatic heterocycles. The fourth-order valence-corrected chi connectivity index (χ4v) is 2.49. The largest absolute Gasteiger partial charge is 0.399 e. The van der Waals surface area contributed by atoms with E-state index in [1.54, 1.807) is 24.3 Å². The van der Waals surface area contributed by atoms with E-state index in [4.69, 9.17) is 25.2 Å². The van der Waals surface area contributed by atoms with Crippen molar-refractivity contribution < 1.29 is 9.90 Å². The molecule has 1 aliphatic rings. The Balaban J connectivity index is 2.39. The maximum atomic E-state index is 12.1. The summed E-state index contributed by atoms with van der Waals surface area (Å²) < 4.78 is 0. The Hall–Kier alpha value is -0.835. The van der Waals surface area contributed by atoms with E-state index >= 15 is 0 Å².